The first-order valence-corrected chi connectivity index (χ1v) is 6.78. The van der Waals surface area contributed by atoms with Gasteiger partial charge in [-0.2, -0.15) is 0 Å². The maximum absolute atomic E-state index is 5.81. The minimum absolute atomic E-state index is 0.00934. The second-order valence-corrected chi connectivity index (χ2v) is 4.57. The molecule has 0 aliphatic rings. The van der Waals surface area contributed by atoms with Crippen LogP contribution in [0.15, 0.2) is 60.7 Å². The fourth-order valence-electron chi connectivity index (χ4n) is 1.85. The van der Waals surface area contributed by atoms with Gasteiger partial charge in [0.25, 0.3) is 5.17 Å². The molecule has 19 heavy (non-hydrogen) atoms. The quantitative estimate of drug-likeness (QED) is 0.824. The highest BCUT2D eigenvalue weighted by Gasteiger charge is 2.12. The van der Waals surface area contributed by atoms with Crippen molar-refractivity contribution in [2.45, 2.75) is 19.4 Å². The first-order chi connectivity index (χ1) is 9.29. The molecule has 0 amide bonds. The van der Waals surface area contributed by atoms with E-state index in [2.05, 4.69) is 24.4 Å². The van der Waals surface area contributed by atoms with E-state index in [1.807, 2.05) is 48.5 Å². The van der Waals surface area contributed by atoms with E-state index in [4.69, 9.17) is 17.0 Å². The molecule has 98 valence electrons. The number of benzene rings is 2. The number of para-hydroxylation sites is 1. The van der Waals surface area contributed by atoms with Crippen LogP contribution in [0.3, 0.4) is 0 Å². The van der Waals surface area contributed by atoms with Gasteiger partial charge in [0.05, 0.1) is 0 Å². The molecule has 3 heteroatoms. The van der Waals surface area contributed by atoms with E-state index in [0.717, 1.165) is 17.7 Å². The molecule has 2 nitrogen and oxygen atoms in total. The van der Waals surface area contributed by atoms with Gasteiger partial charge in [-0.3, -0.25) is 0 Å². The summed E-state index contributed by atoms with van der Waals surface area (Å²) in [4.78, 5) is 0. The molecule has 2 rings (SSSR count). The molecule has 0 aliphatic carbocycles. The average molecular weight is 271 g/mol. The molecular weight excluding hydrogens is 254 g/mol. The number of hydrogen-bond acceptors (Lipinski definition) is 2. The molecule has 0 radical (unpaired) electrons. The molecule has 2 aromatic carbocycles. The Hall–Kier alpha value is -1.87. The lowest BCUT2D eigenvalue weighted by atomic mass is 10.1. The molecule has 0 bridgehead atoms. The summed E-state index contributed by atoms with van der Waals surface area (Å²) in [5.41, 5.74) is 2.08. The normalized spacial score (nSPS) is 11.6. The standard InChI is InChI=1S/C16H17NOS/c1-2-15(13-9-5-3-6-10-13)18-16(19)17-14-11-7-4-8-12-14/h3-12,15H,2H2,1H3,(H,17,19). The van der Waals surface area contributed by atoms with E-state index in [1.54, 1.807) is 0 Å². The van der Waals surface area contributed by atoms with Crippen LogP contribution < -0.4 is 5.32 Å². The Morgan fingerprint density at radius 1 is 1.05 bits per heavy atom. The molecule has 1 unspecified atom stereocenters. The summed E-state index contributed by atoms with van der Waals surface area (Å²) in [5.74, 6) is 0. The number of thiocarbonyl (C=S) groups is 1. The Labute approximate surface area is 119 Å². The summed E-state index contributed by atoms with van der Waals surface area (Å²) in [5, 5.41) is 3.49. The lowest BCUT2D eigenvalue weighted by Crippen LogP contribution is -2.16. The number of anilines is 1. The van der Waals surface area contributed by atoms with Gasteiger partial charge in [-0.1, -0.05) is 55.5 Å². The lowest BCUT2D eigenvalue weighted by molar-refractivity contribution is 0.193. The van der Waals surface area contributed by atoms with Crippen LogP contribution in [0.2, 0.25) is 0 Å². The Bertz CT molecular complexity index is 513. The van der Waals surface area contributed by atoms with E-state index in [0.29, 0.717) is 5.17 Å². The highest BCUT2D eigenvalue weighted by atomic mass is 32.1. The van der Waals surface area contributed by atoms with Crippen molar-refractivity contribution in [3.05, 3.63) is 66.2 Å². The maximum Gasteiger partial charge on any atom is 0.261 e. The van der Waals surface area contributed by atoms with E-state index < -0.39 is 0 Å². The highest BCUT2D eigenvalue weighted by Crippen LogP contribution is 2.21. The summed E-state index contributed by atoms with van der Waals surface area (Å²) in [6, 6.07) is 19.9. The van der Waals surface area contributed by atoms with Crippen LogP contribution in [-0.4, -0.2) is 5.17 Å². The van der Waals surface area contributed by atoms with E-state index in [9.17, 15) is 0 Å². The summed E-state index contributed by atoms with van der Waals surface area (Å²) in [7, 11) is 0. The van der Waals surface area contributed by atoms with Gasteiger partial charge >= 0.3 is 0 Å². The van der Waals surface area contributed by atoms with Crippen molar-refractivity contribution >= 4 is 23.1 Å². The van der Waals surface area contributed by atoms with Gasteiger partial charge in [0.2, 0.25) is 0 Å². The minimum atomic E-state index is -0.00934. The zero-order chi connectivity index (χ0) is 13.5. The topological polar surface area (TPSA) is 21.3 Å². The van der Waals surface area contributed by atoms with Crippen molar-refractivity contribution in [2.75, 3.05) is 5.32 Å². The molecule has 0 aromatic heterocycles. The van der Waals surface area contributed by atoms with Crippen LogP contribution in [0, 0.1) is 0 Å². The monoisotopic (exact) mass is 271 g/mol. The molecule has 0 saturated heterocycles. The van der Waals surface area contributed by atoms with Crippen LogP contribution in [-0.2, 0) is 4.74 Å². The molecule has 1 N–H and O–H groups in total. The SMILES string of the molecule is CCC(OC(=S)Nc1ccccc1)c1ccccc1. The van der Waals surface area contributed by atoms with Crippen molar-refractivity contribution in [1.29, 1.82) is 0 Å². The second kappa shape index (κ2) is 6.90. The lowest BCUT2D eigenvalue weighted by Gasteiger charge is -2.19. The number of hydrogen-bond donors (Lipinski definition) is 1. The maximum atomic E-state index is 5.81. The molecular formula is C16H17NOS. The van der Waals surface area contributed by atoms with Gasteiger partial charge in [0.1, 0.15) is 6.10 Å². The van der Waals surface area contributed by atoms with Crippen LogP contribution in [0.1, 0.15) is 25.0 Å². The molecule has 1 atom stereocenters. The molecule has 0 heterocycles. The third-order valence-corrected chi connectivity index (χ3v) is 3.01. The van der Waals surface area contributed by atoms with Gasteiger partial charge in [-0.05, 0) is 36.3 Å². The zero-order valence-electron chi connectivity index (χ0n) is 10.9. The first kappa shape index (κ1) is 13.6. The largest absolute Gasteiger partial charge is 0.463 e. The van der Waals surface area contributed by atoms with Gasteiger partial charge < -0.3 is 10.1 Å². The number of nitrogens with one attached hydrogen (secondary N) is 1. The zero-order valence-corrected chi connectivity index (χ0v) is 11.7. The third kappa shape index (κ3) is 4.07. The minimum Gasteiger partial charge on any atom is -0.463 e. The first-order valence-electron chi connectivity index (χ1n) is 6.37. The Kier molecular flexibility index (Phi) is 4.93. The molecule has 2 aromatic rings. The molecule has 0 fully saturated rings. The number of ether oxygens (including phenoxy) is 1. The smallest absolute Gasteiger partial charge is 0.261 e. The second-order valence-electron chi connectivity index (χ2n) is 4.20. The van der Waals surface area contributed by atoms with Crippen molar-refractivity contribution < 1.29 is 4.74 Å². The summed E-state index contributed by atoms with van der Waals surface area (Å²) in [6.07, 6.45) is 0.866. The Balaban J connectivity index is 1.97. The fraction of sp³-hybridized carbons (Fsp3) is 0.188. The molecule has 0 aliphatic heterocycles. The van der Waals surface area contributed by atoms with Gasteiger partial charge in [-0.15, -0.1) is 0 Å². The van der Waals surface area contributed by atoms with Crippen LogP contribution in [0.25, 0.3) is 0 Å². The van der Waals surface area contributed by atoms with Crippen molar-refractivity contribution in [3.8, 4) is 0 Å². The highest BCUT2D eigenvalue weighted by molar-refractivity contribution is 7.80. The number of rotatable bonds is 4. The van der Waals surface area contributed by atoms with E-state index in [-0.39, 0.29) is 6.10 Å². The van der Waals surface area contributed by atoms with Crippen LogP contribution >= 0.6 is 12.2 Å². The van der Waals surface area contributed by atoms with Gasteiger partial charge in [-0.25, -0.2) is 0 Å². The average Bonchev–Trinajstić information content (AvgIpc) is 2.47. The van der Waals surface area contributed by atoms with Crippen LogP contribution in [0.4, 0.5) is 5.69 Å². The van der Waals surface area contributed by atoms with Crippen molar-refractivity contribution in [1.82, 2.24) is 0 Å². The summed E-state index contributed by atoms with van der Waals surface area (Å²) >= 11 is 5.25. The van der Waals surface area contributed by atoms with Gasteiger partial charge in [0, 0.05) is 5.69 Å². The Morgan fingerprint density at radius 3 is 2.21 bits per heavy atom. The molecule has 0 spiro atoms. The van der Waals surface area contributed by atoms with Crippen molar-refractivity contribution in [3.63, 3.8) is 0 Å². The van der Waals surface area contributed by atoms with Gasteiger partial charge in [0.15, 0.2) is 0 Å². The third-order valence-electron chi connectivity index (χ3n) is 2.81. The fourth-order valence-corrected chi connectivity index (χ4v) is 2.09. The summed E-state index contributed by atoms with van der Waals surface area (Å²) < 4.78 is 5.81. The molecule has 0 saturated carbocycles. The van der Waals surface area contributed by atoms with Crippen LogP contribution in [0.5, 0.6) is 0 Å². The predicted octanol–water partition coefficient (Wildman–Crippen LogP) is 4.55. The van der Waals surface area contributed by atoms with Crippen molar-refractivity contribution in [2.24, 2.45) is 0 Å². The van der Waals surface area contributed by atoms with E-state index >= 15 is 0 Å². The predicted molar refractivity (Wildman–Crippen MR) is 83.2 cm³/mol. The summed E-state index contributed by atoms with van der Waals surface area (Å²) in [6.45, 7) is 2.09. The Morgan fingerprint density at radius 2 is 1.63 bits per heavy atom. The van der Waals surface area contributed by atoms with E-state index in [1.165, 1.54) is 0 Å².